The Labute approximate surface area is 216 Å². The predicted octanol–water partition coefficient (Wildman–Crippen LogP) is 2.45. The highest BCUT2D eigenvalue weighted by atomic mass is 16.6. The van der Waals surface area contributed by atoms with Gasteiger partial charge in [-0.3, -0.25) is 9.20 Å². The molecule has 3 heterocycles. The molecule has 0 bridgehead atoms. The average molecular weight is 513 g/mol. The number of amides is 2. The van der Waals surface area contributed by atoms with Crippen LogP contribution in [0.4, 0.5) is 4.79 Å². The molecule has 1 aromatic carbocycles. The number of carbonyl (C=O) groups excluding carboxylic acids is 2. The summed E-state index contributed by atoms with van der Waals surface area (Å²) >= 11 is 0. The summed E-state index contributed by atoms with van der Waals surface area (Å²) in [4.78, 5) is 26.9. The molecule has 2 amide bonds. The summed E-state index contributed by atoms with van der Waals surface area (Å²) in [6.45, 7) is 5.72. The normalized spacial score (nSPS) is 14.6. The summed E-state index contributed by atoms with van der Waals surface area (Å²) in [6.07, 6.45) is -0.411. The molecule has 37 heavy (non-hydrogen) atoms. The van der Waals surface area contributed by atoms with E-state index in [9.17, 15) is 9.59 Å². The molecule has 1 aliphatic heterocycles. The van der Waals surface area contributed by atoms with Gasteiger partial charge in [-0.25, -0.2) is 4.79 Å². The number of carbonyl (C=O) groups is 2. The summed E-state index contributed by atoms with van der Waals surface area (Å²) in [5.41, 5.74) is 7.14. The number of hydrogen-bond donors (Lipinski definition) is 2. The van der Waals surface area contributed by atoms with Gasteiger partial charge < -0.3 is 30.2 Å². The van der Waals surface area contributed by atoms with Crippen LogP contribution in [-0.2, 0) is 32.2 Å². The first-order chi connectivity index (χ1) is 17.3. The number of benzene rings is 1. The highest BCUT2D eigenvalue weighted by Gasteiger charge is 2.29. The van der Waals surface area contributed by atoms with Crippen molar-refractivity contribution in [2.24, 2.45) is 5.73 Å². The molecular weight excluding hydrogens is 476 g/mol. The Bertz CT molecular complexity index is 1170. The van der Waals surface area contributed by atoms with Gasteiger partial charge >= 0.3 is 6.09 Å². The van der Waals surface area contributed by atoms with Gasteiger partial charge in [0, 0.05) is 13.1 Å². The molecule has 1 aliphatic rings. The molecule has 0 spiro atoms. The highest BCUT2D eigenvalue weighted by molar-refractivity contribution is 5.85. The third-order valence-corrected chi connectivity index (χ3v) is 5.75. The summed E-state index contributed by atoms with van der Waals surface area (Å²) in [6, 6.07) is 14.5. The molecule has 1 atom stereocenters. The summed E-state index contributed by atoms with van der Waals surface area (Å²) < 4.78 is 18.6. The van der Waals surface area contributed by atoms with Crippen molar-refractivity contribution in [1.82, 2.24) is 24.8 Å². The minimum absolute atomic E-state index is 0. The van der Waals surface area contributed by atoms with Gasteiger partial charge in [-0.1, -0.05) is 43.8 Å². The number of rotatable bonds is 9. The zero-order chi connectivity index (χ0) is 25.5. The smallest absolute Gasteiger partial charge is 0.410 e. The van der Waals surface area contributed by atoms with Crippen LogP contribution in [0, 0.1) is 0 Å². The number of nitrogens with zero attached hydrogens (tertiary/aromatic N) is 4. The van der Waals surface area contributed by atoms with Crippen LogP contribution >= 0.6 is 0 Å². The van der Waals surface area contributed by atoms with Gasteiger partial charge in [0.25, 0.3) is 0 Å². The van der Waals surface area contributed by atoms with E-state index in [2.05, 4.69) is 15.5 Å². The molecule has 200 valence electrons. The fourth-order valence-electron chi connectivity index (χ4n) is 3.74. The number of nitrogens with one attached hydrogen (secondary N) is 1. The number of ether oxygens (including phenoxy) is 3. The van der Waals surface area contributed by atoms with Crippen molar-refractivity contribution in [3.63, 3.8) is 0 Å². The molecular formula is C26H36N6O5. The molecule has 4 rings (SSSR count). The van der Waals surface area contributed by atoms with Gasteiger partial charge in [0.15, 0.2) is 11.5 Å². The minimum atomic E-state index is -1.10. The highest BCUT2D eigenvalue weighted by Crippen LogP contribution is 2.19. The standard InChI is InChI=1S/C25H32N6O5.CH4/c1-25(2,26)23(32)27-20(17-35-15-18-7-4-3-5-8-18)22-29-28-21-10-6-9-19(31(21)22)16-36-24(33)30-11-13-34-14-12-30;/h3-10,20H,11-17,26H2,1-2H3,(H,27,32);1H4/t20-;/m1./s1. The maximum atomic E-state index is 12.8. The second kappa shape index (κ2) is 12.6. The second-order valence-corrected chi connectivity index (χ2v) is 9.17. The zero-order valence-electron chi connectivity index (χ0n) is 20.6. The van der Waals surface area contributed by atoms with Crippen molar-refractivity contribution in [3.05, 3.63) is 65.6 Å². The maximum Gasteiger partial charge on any atom is 0.410 e. The largest absolute Gasteiger partial charge is 0.443 e. The molecule has 1 saturated heterocycles. The number of aromatic nitrogens is 3. The topological polar surface area (TPSA) is 133 Å². The van der Waals surface area contributed by atoms with Gasteiger partial charge in [-0.05, 0) is 31.5 Å². The van der Waals surface area contributed by atoms with E-state index in [4.69, 9.17) is 19.9 Å². The molecule has 3 aromatic rings. The first-order valence-electron chi connectivity index (χ1n) is 11.9. The Kier molecular flexibility index (Phi) is 9.56. The van der Waals surface area contributed by atoms with E-state index in [1.165, 1.54) is 0 Å². The van der Waals surface area contributed by atoms with Crippen LogP contribution < -0.4 is 11.1 Å². The lowest BCUT2D eigenvalue weighted by Gasteiger charge is -2.26. The number of fused-ring (bicyclic) bond motifs is 1. The Hall–Kier alpha value is -3.54. The molecule has 0 saturated carbocycles. The monoisotopic (exact) mass is 512 g/mol. The van der Waals surface area contributed by atoms with E-state index in [-0.39, 0.29) is 26.5 Å². The molecule has 11 nitrogen and oxygen atoms in total. The van der Waals surface area contributed by atoms with E-state index in [1.54, 1.807) is 29.2 Å². The van der Waals surface area contributed by atoms with Crippen molar-refractivity contribution in [3.8, 4) is 0 Å². The lowest BCUT2D eigenvalue weighted by molar-refractivity contribution is -0.126. The molecule has 2 aromatic heterocycles. The van der Waals surface area contributed by atoms with Crippen LogP contribution in [0.1, 0.15) is 44.4 Å². The van der Waals surface area contributed by atoms with Crippen LogP contribution in [0.5, 0.6) is 0 Å². The van der Waals surface area contributed by atoms with Gasteiger partial charge in [0.05, 0.1) is 37.7 Å². The van der Waals surface area contributed by atoms with E-state index in [0.717, 1.165) is 5.56 Å². The molecule has 3 N–H and O–H groups in total. The summed E-state index contributed by atoms with van der Waals surface area (Å²) in [5.74, 6) is 0.0949. The SMILES string of the molecule is C.CC(C)(N)C(=O)N[C@H](COCc1ccccc1)c1nnc2cccc(COC(=O)N3CCOCC3)n12. The molecule has 0 aliphatic carbocycles. The van der Waals surface area contributed by atoms with Gasteiger partial charge in [-0.15, -0.1) is 10.2 Å². The minimum Gasteiger partial charge on any atom is -0.443 e. The van der Waals surface area contributed by atoms with Crippen LogP contribution in [-0.4, -0.2) is 69.9 Å². The van der Waals surface area contributed by atoms with Crippen molar-refractivity contribution < 1.29 is 23.8 Å². The van der Waals surface area contributed by atoms with Crippen LogP contribution in [0.3, 0.4) is 0 Å². The average Bonchev–Trinajstić information content (AvgIpc) is 3.32. The summed E-state index contributed by atoms with van der Waals surface area (Å²) in [7, 11) is 0. The van der Waals surface area contributed by atoms with Gasteiger partial charge in [-0.2, -0.15) is 0 Å². The number of nitrogens with two attached hydrogens (primary N) is 1. The Balaban J connectivity index is 0.00000380. The molecule has 0 unspecified atom stereocenters. The number of pyridine rings is 1. The predicted molar refractivity (Wildman–Crippen MR) is 138 cm³/mol. The lowest BCUT2D eigenvalue weighted by atomic mass is 10.1. The van der Waals surface area contributed by atoms with E-state index >= 15 is 0 Å². The zero-order valence-corrected chi connectivity index (χ0v) is 20.6. The fraction of sp³-hybridized carbons (Fsp3) is 0.462. The van der Waals surface area contributed by atoms with Gasteiger partial charge in [0.2, 0.25) is 5.91 Å². The van der Waals surface area contributed by atoms with Crippen LogP contribution in [0.25, 0.3) is 5.65 Å². The van der Waals surface area contributed by atoms with Crippen molar-refractivity contribution >= 4 is 17.6 Å². The van der Waals surface area contributed by atoms with Crippen molar-refractivity contribution in [2.45, 2.75) is 46.1 Å². The number of hydrogen-bond acceptors (Lipinski definition) is 8. The Morgan fingerprint density at radius 3 is 2.51 bits per heavy atom. The fourth-order valence-corrected chi connectivity index (χ4v) is 3.74. The summed E-state index contributed by atoms with van der Waals surface area (Å²) in [5, 5.41) is 11.5. The lowest BCUT2D eigenvalue weighted by Crippen LogP contribution is -2.51. The maximum absolute atomic E-state index is 12.8. The first kappa shape index (κ1) is 28.0. The molecule has 1 fully saturated rings. The van der Waals surface area contributed by atoms with E-state index < -0.39 is 17.7 Å². The molecule has 11 heteroatoms. The molecule has 0 radical (unpaired) electrons. The third kappa shape index (κ3) is 7.25. The van der Waals surface area contributed by atoms with Crippen LogP contribution in [0.2, 0.25) is 0 Å². The van der Waals surface area contributed by atoms with Crippen molar-refractivity contribution in [1.29, 1.82) is 0 Å². The van der Waals surface area contributed by atoms with E-state index in [0.29, 0.717) is 50.1 Å². The van der Waals surface area contributed by atoms with Crippen LogP contribution in [0.15, 0.2) is 48.5 Å². The van der Waals surface area contributed by atoms with Gasteiger partial charge in [0.1, 0.15) is 12.6 Å². The quantitative estimate of drug-likeness (QED) is 0.447. The third-order valence-electron chi connectivity index (χ3n) is 5.75. The number of morpholine rings is 1. The Morgan fingerprint density at radius 1 is 1.08 bits per heavy atom. The van der Waals surface area contributed by atoms with Crippen molar-refractivity contribution in [2.75, 3.05) is 32.9 Å². The Morgan fingerprint density at radius 2 is 1.81 bits per heavy atom. The second-order valence-electron chi connectivity index (χ2n) is 9.17. The first-order valence-corrected chi connectivity index (χ1v) is 11.9. The van der Waals surface area contributed by atoms with E-state index in [1.807, 2.05) is 42.5 Å².